The van der Waals surface area contributed by atoms with E-state index in [0.29, 0.717) is 5.92 Å². The molecule has 3 fully saturated rings. The van der Waals surface area contributed by atoms with Crippen LogP contribution in [-0.2, 0) is 4.79 Å². The molecule has 1 aromatic rings. The zero-order chi connectivity index (χ0) is 17.3. The minimum absolute atomic E-state index is 0.0669. The van der Waals surface area contributed by atoms with Gasteiger partial charge in [-0.05, 0) is 69.0 Å². The Kier molecular flexibility index (Phi) is 5.16. The summed E-state index contributed by atoms with van der Waals surface area (Å²) in [4.78, 5) is 17.2. The van der Waals surface area contributed by atoms with Gasteiger partial charge in [0.15, 0.2) is 0 Å². The van der Waals surface area contributed by atoms with E-state index in [9.17, 15) is 9.90 Å². The lowest BCUT2D eigenvalue weighted by molar-refractivity contribution is -0.137. The summed E-state index contributed by atoms with van der Waals surface area (Å²) in [5, 5.41) is 15.3. The van der Waals surface area contributed by atoms with Gasteiger partial charge in [0, 0.05) is 4.88 Å². The lowest BCUT2D eigenvalue weighted by Crippen LogP contribution is -2.60. The summed E-state index contributed by atoms with van der Waals surface area (Å²) in [5.41, 5.74) is -0.285. The van der Waals surface area contributed by atoms with Crippen LogP contribution in [0.5, 0.6) is 0 Å². The fraction of sp³-hybridized carbons (Fsp3) is 0.750. The van der Waals surface area contributed by atoms with Crippen molar-refractivity contribution in [3.63, 3.8) is 0 Å². The third-order valence-corrected chi connectivity index (χ3v) is 7.53. The van der Waals surface area contributed by atoms with Gasteiger partial charge in [0.1, 0.15) is 5.54 Å². The molecule has 3 aliphatic rings. The van der Waals surface area contributed by atoms with E-state index in [4.69, 9.17) is 0 Å². The van der Waals surface area contributed by atoms with Crippen LogP contribution in [-0.4, -0.2) is 40.6 Å². The highest BCUT2D eigenvalue weighted by Crippen LogP contribution is 2.42. The Balaban J connectivity index is 1.54. The van der Waals surface area contributed by atoms with Gasteiger partial charge in [0.05, 0.1) is 12.1 Å². The van der Waals surface area contributed by atoms with Gasteiger partial charge in [-0.1, -0.05) is 25.3 Å². The standard InChI is InChI=1S/C20H30N2O2S/c23-16-13-15(14-16)18(17-7-6-12-25-17)21-19(24)20(8-2-1-3-9-20)22-10-4-5-11-22/h6-7,12,15-16,18,23H,1-5,8-11,13-14H2,(H,21,24)/t15?,16?,18-/m0/s1. The van der Waals surface area contributed by atoms with Gasteiger partial charge >= 0.3 is 0 Å². The van der Waals surface area contributed by atoms with Crippen LogP contribution in [0.4, 0.5) is 0 Å². The monoisotopic (exact) mass is 362 g/mol. The summed E-state index contributed by atoms with van der Waals surface area (Å²) in [6.45, 7) is 2.14. The van der Waals surface area contributed by atoms with E-state index in [1.54, 1.807) is 11.3 Å². The maximum atomic E-state index is 13.5. The fourth-order valence-electron chi connectivity index (χ4n) is 5.04. The van der Waals surface area contributed by atoms with E-state index in [-0.39, 0.29) is 23.6 Å². The quantitative estimate of drug-likeness (QED) is 0.843. The van der Waals surface area contributed by atoms with Crippen LogP contribution in [0.25, 0.3) is 0 Å². The average molecular weight is 363 g/mol. The summed E-state index contributed by atoms with van der Waals surface area (Å²) < 4.78 is 0. The molecule has 1 aromatic heterocycles. The molecule has 2 heterocycles. The maximum Gasteiger partial charge on any atom is 0.241 e. The highest BCUT2D eigenvalue weighted by Gasteiger charge is 2.47. The van der Waals surface area contributed by atoms with Crippen molar-refractivity contribution in [2.75, 3.05) is 13.1 Å². The molecule has 2 N–H and O–H groups in total. The minimum Gasteiger partial charge on any atom is -0.393 e. The first-order valence-electron chi connectivity index (χ1n) is 9.96. The van der Waals surface area contributed by atoms with Gasteiger partial charge in [-0.25, -0.2) is 0 Å². The molecule has 0 bridgehead atoms. The molecule has 2 aliphatic carbocycles. The molecule has 1 atom stereocenters. The zero-order valence-electron chi connectivity index (χ0n) is 15.0. The van der Waals surface area contributed by atoms with E-state index in [0.717, 1.165) is 51.6 Å². The molecular formula is C20H30N2O2S. The number of nitrogens with one attached hydrogen (secondary N) is 1. The number of carbonyl (C=O) groups excluding carboxylic acids is 1. The molecule has 1 saturated heterocycles. The van der Waals surface area contributed by atoms with Crippen LogP contribution in [0.1, 0.15) is 68.7 Å². The number of hydrogen-bond donors (Lipinski definition) is 2. The van der Waals surface area contributed by atoms with E-state index in [2.05, 4.69) is 27.7 Å². The predicted molar refractivity (Wildman–Crippen MR) is 101 cm³/mol. The lowest BCUT2D eigenvalue weighted by atomic mass is 9.75. The number of hydrogen-bond acceptors (Lipinski definition) is 4. The molecule has 25 heavy (non-hydrogen) atoms. The van der Waals surface area contributed by atoms with Crippen LogP contribution < -0.4 is 5.32 Å². The molecule has 4 rings (SSSR count). The molecule has 2 saturated carbocycles. The van der Waals surface area contributed by atoms with Crippen LogP contribution >= 0.6 is 11.3 Å². The van der Waals surface area contributed by atoms with Gasteiger partial charge in [0.25, 0.3) is 0 Å². The minimum atomic E-state index is -0.285. The van der Waals surface area contributed by atoms with Crippen LogP contribution in [0, 0.1) is 5.92 Å². The summed E-state index contributed by atoms with van der Waals surface area (Å²) in [7, 11) is 0. The number of rotatable bonds is 5. The van der Waals surface area contributed by atoms with Crippen LogP contribution in [0.15, 0.2) is 17.5 Å². The van der Waals surface area contributed by atoms with E-state index in [1.807, 2.05) is 0 Å². The fourth-order valence-corrected chi connectivity index (χ4v) is 5.91. The lowest BCUT2D eigenvalue weighted by Gasteiger charge is -2.45. The van der Waals surface area contributed by atoms with Crippen molar-refractivity contribution in [3.8, 4) is 0 Å². The second-order valence-corrected chi connectivity index (χ2v) is 9.12. The molecule has 0 unspecified atom stereocenters. The van der Waals surface area contributed by atoms with Gasteiger partial charge in [-0.3, -0.25) is 9.69 Å². The summed E-state index contributed by atoms with van der Waals surface area (Å²) in [5.74, 6) is 0.616. The van der Waals surface area contributed by atoms with Crippen molar-refractivity contribution in [2.24, 2.45) is 5.92 Å². The Morgan fingerprint density at radius 2 is 1.92 bits per heavy atom. The van der Waals surface area contributed by atoms with E-state index in [1.165, 1.54) is 24.1 Å². The predicted octanol–water partition coefficient (Wildman–Crippen LogP) is 3.48. The summed E-state index contributed by atoms with van der Waals surface area (Å²) in [6, 6.07) is 4.26. The van der Waals surface area contributed by atoms with Crippen LogP contribution in [0.2, 0.25) is 0 Å². The maximum absolute atomic E-state index is 13.5. The highest BCUT2D eigenvalue weighted by atomic mass is 32.1. The van der Waals surface area contributed by atoms with Crippen molar-refractivity contribution >= 4 is 17.2 Å². The Morgan fingerprint density at radius 3 is 2.52 bits per heavy atom. The second-order valence-electron chi connectivity index (χ2n) is 8.14. The molecule has 5 heteroatoms. The zero-order valence-corrected chi connectivity index (χ0v) is 15.8. The van der Waals surface area contributed by atoms with Crippen molar-refractivity contribution in [1.82, 2.24) is 10.2 Å². The summed E-state index contributed by atoms with van der Waals surface area (Å²) >= 11 is 1.72. The topological polar surface area (TPSA) is 52.6 Å². The SMILES string of the molecule is O=C(N[C@H](c1cccs1)C1CC(O)C1)C1(N2CCCC2)CCCCC1. The first-order chi connectivity index (χ1) is 12.2. The second kappa shape index (κ2) is 7.37. The Labute approximate surface area is 154 Å². The molecule has 1 amide bonds. The molecule has 0 spiro atoms. The highest BCUT2D eigenvalue weighted by molar-refractivity contribution is 7.10. The number of nitrogens with zero attached hydrogens (tertiary/aromatic N) is 1. The molecule has 4 nitrogen and oxygen atoms in total. The number of amides is 1. The van der Waals surface area contributed by atoms with Gasteiger partial charge < -0.3 is 10.4 Å². The third-order valence-electron chi connectivity index (χ3n) is 6.57. The number of thiophene rings is 1. The number of aliphatic hydroxyl groups is 1. The number of carbonyl (C=O) groups is 1. The molecule has 138 valence electrons. The van der Waals surface area contributed by atoms with Gasteiger partial charge in [-0.2, -0.15) is 0 Å². The number of likely N-dealkylation sites (tertiary alicyclic amines) is 1. The Morgan fingerprint density at radius 1 is 1.20 bits per heavy atom. The van der Waals surface area contributed by atoms with Gasteiger partial charge in [-0.15, -0.1) is 11.3 Å². The van der Waals surface area contributed by atoms with Crippen molar-refractivity contribution < 1.29 is 9.90 Å². The van der Waals surface area contributed by atoms with Gasteiger partial charge in [0.2, 0.25) is 5.91 Å². The average Bonchev–Trinajstić information content (AvgIpc) is 3.31. The van der Waals surface area contributed by atoms with Crippen LogP contribution in [0.3, 0.4) is 0 Å². The Hall–Kier alpha value is -0.910. The number of aliphatic hydroxyl groups excluding tert-OH is 1. The smallest absolute Gasteiger partial charge is 0.241 e. The molecule has 0 radical (unpaired) electrons. The molecule has 0 aromatic carbocycles. The normalized spacial score (nSPS) is 30.6. The molecular weight excluding hydrogens is 332 g/mol. The van der Waals surface area contributed by atoms with E-state index < -0.39 is 0 Å². The summed E-state index contributed by atoms with van der Waals surface area (Å²) in [6.07, 6.45) is 9.45. The Bertz CT molecular complexity index is 571. The first kappa shape index (κ1) is 17.5. The molecule has 1 aliphatic heterocycles. The van der Waals surface area contributed by atoms with E-state index >= 15 is 0 Å². The van der Waals surface area contributed by atoms with Crippen molar-refractivity contribution in [1.29, 1.82) is 0 Å². The third kappa shape index (κ3) is 3.38. The van der Waals surface area contributed by atoms with Crippen molar-refractivity contribution in [2.45, 2.75) is 75.5 Å². The van der Waals surface area contributed by atoms with Crippen molar-refractivity contribution in [3.05, 3.63) is 22.4 Å². The largest absolute Gasteiger partial charge is 0.393 e. The first-order valence-corrected chi connectivity index (χ1v) is 10.8.